The molecule has 1 aromatic heterocycles. The molecule has 8 heteroatoms. The Bertz CT molecular complexity index is 931. The Balaban J connectivity index is 1.57. The number of aryl methyl sites for hydroxylation is 2. The molecule has 2 heterocycles. The molecule has 1 aliphatic heterocycles. The molecule has 3 rings (SSSR count). The second-order valence-corrected chi connectivity index (χ2v) is 9.31. The van der Waals surface area contributed by atoms with Gasteiger partial charge >= 0.3 is 0 Å². The molecule has 0 amide bonds. The highest BCUT2D eigenvalue weighted by molar-refractivity contribution is 7.88. The normalized spacial score (nSPS) is 16.6. The molecule has 0 radical (unpaired) electrons. The van der Waals surface area contributed by atoms with E-state index in [0.29, 0.717) is 48.9 Å². The Morgan fingerprint density at radius 1 is 1.15 bits per heavy atom. The number of hydrogen-bond acceptors (Lipinski definition) is 4. The molecule has 6 nitrogen and oxygen atoms in total. The van der Waals surface area contributed by atoms with Crippen molar-refractivity contribution in [1.82, 2.24) is 14.2 Å². The molecule has 1 saturated heterocycles. The van der Waals surface area contributed by atoms with Crippen molar-refractivity contribution in [3.63, 3.8) is 0 Å². The van der Waals surface area contributed by atoms with Gasteiger partial charge in [-0.3, -0.25) is 9.69 Å². The van der Waals surface area contributed by atoms with Crippen molar-refractivity contribution >= 4 is 27.4 Å². The maximum atomic E-state index is 12.7. The van der Waals surface area contributed by atoms with Gasteiger partial charge in [-0.15, -0.1) is 0 Å². The van der Waals surface area contributed by atoms with E-state index in [1.54, 1.807) is 24.3 Å². The van der Waals surface area contributed by atoms with Crippen LogP contribution in [0.4, 0.5) is 0 Å². The summed E-state index contributed by atoms with van der Waals surface area (Å²) in [4.78, 5) is 17.6. The topological polar surface area (TPSA) is 73.5 Å². The largest absolute Gasteiger partial charge is 0.362 e. The maximum Gasteiger partial charge on any atom is 0.218 e. The van der Waals surface area contributed by atoms with Crippen LogP contribution in [0.5, 0.6) is 0 Å². The predicted octanol–water partition coefficient (Wildman–Crippen LogP) is 2.62. The zero-order valence-corrected chi connectivity index (χ0v) is 17.1. The summed E-state index contributed by atoms with van der Waals surface area (Å²) in [6.45, 7) is 5.95. The highest BCUT2D eigenvalue weighted by Crippen LogP contribution is 2.20. The molecular formula is C19H24ClN3O3S. The Hall–Kier alpha value is -1.67. The van der Waals surface area contributed by atoms with E-state index in [-0.39, 0.29) is 11.5 Å². The Morgan fingerprint density at radius 3 is 2.41 bits per heavy atom. The van der Waals surface area contributed by atoms with Crippen molar-refractivity contribution in [3.8, 4) is 0 Å². The SMILES string of the molecule is Cc1cc(C(=O)CN2CCN(S(=O)(=O)Cc3ccccc3Cl)CC2)c(C)[nH]1. The fourth-order valence-electron chi connectivity index (χ4n) is 3.37. The number of H-pyrrole nitrogens is 1. The lowest BCUT2D eigenvalue weighted by Gasteiger charge is -2.33. The quantitative estimate of drug-likeness (QED) is 0.744. The van der Waals surface area contributed by atoms with Gasteiger partial charge in [0.05, 0.1) is 12.3 Å². The van der Waals surface area contributed by atoms with E-state index in [9.17, 15) is 13.2 Å². The maximum absolute atomic E-state index is 12.7. The minimum Gasteiger partial charge on any atom is -0.362 e. The van der Waals surface area contributed by atoms with Crippen molar-refractivity contribution in [3.05, 3.63) is 57.9 Å². The third kappa shape index (κ3) is 4.79. The first-order valence-corrected chi connectivity index (χ1v) is 10.9. The molecule has 0 aliphatic carbocycles. The summed E-state index contributed by atoms with van der Waals surface area (Å²) >= 11 is 6.09. The number of sulfonamides is 1. The fourth-order valence-corrected chi connectivity index (χ4v) is 5.20. The van der Waals surface area contributed by atoms with Crippen LogP contribution in [-0.2, 0) is 15.8 Å². The van der Waals surface area contributed by atoms with Gasteiger partial charge in [-0.2, -0.15) is 4.31 Å². The van der Waals surface area contributed by atoms with Crippen LogP contribution in [0.3, 0.4) is 0 Å². The summed E-state index contributed by atoms with van der Waals surface area (Å²) in [6, 6.07) is 8.85. The van der Waals surface area contributed by atoms with Crippen LogP contribution in [0.1, 0.15) is 27.3 Å². The number of carbonyl (C=O) groups is 1. The van der Waals surface area contributed by atoms with Crippen molar-refractivity contribution in [2.75, 3.05) is 32.7 Å². The van der Waals surface area contributed by atoms with E-state index < -0.39 is 10.0 Å². The second-order valence-electron chi connectivity index (χ2n) is 6.94. The van der Waals surface area contributed by atoms with Crippen LogP contribution >= 0.6 is 11.6 Å². The Morgan fingerprint density at radius 2 is 1.81 bits per heavy atom. The van der Waals surface area contributed by atoms with Crippen LogP contribution in [0, 0.1) is 13.8 Å². The third-order valence-corrected chi connectivity index (χ3v) is 7.03. The zero-order chi connectivity index (χ0) is 19.6. The number of benzene rings is 1. The molecule has 146 valence electrons. The number of aromatic nitrogens is 1. The average molecular weight is 410 g/mol. The van der Waals surface area contributed by atoms with Gasteiger partial charge in [0.1, 0.15) is 0 Å². The van der Waals surface area contributed by atoms with Crippen LogP contribution < -0.4 is 0 Å². The lowest BCUT2D eigenvalue weighted by molar-refractivity contribution is 0.0901. The van der Waals surface area contributed by atoms with E-state index in [1.807, 2.05) is 24.8 Å². The molecule has 27 heavy (non-hydrogen) atoms. The smallest absolute Gasteiger partial charge is 0.218 e. The monoisotopic (exact) mass is 409 g/mol. The molecule has 1 aromatic carbocycles. The van der Waals surface area contributed by atoms with E-state index in [4.69, 9.17) is 11.6 Å². The minimum atomic E-state index is -3.43. The molecule has 1 aliphatic rings. The molecule has 0 unspecified atom stereocenters. The molecule has 0 atom stereocenters. The van der Waals surface area contributed by atoms with Crippen molar-refractivity contribution < 1.29 is 13.2 Å². The highest BCUT2D eigenvalue weighted by Gasteiger charge is 2.28. The molecular weight excluding hydrogens is 386 g/mol. The van der Waals surface area contributed by atoms with Gasteiger partial charge in [0.25, 0.3) is 0 Å². The van der Waals surface area contributed by atoms with E-state index in [2.05, 4.69) is 4.98 Å². The van der Waals surface area contributed by atoms with Crippen LogP contribution in [-0.4, -0.2) is 61.1 Å². The summed E-state index contributed by atoms with van der Waals surface area (Å²) in [5.74, 6) is -0.0443. The van der Waals surface area contributed by atoms with Gasteiger partial charge in [0.15, 0.2) is 5.78 Å². The van der Waals surface area contributed by atoms with Gasteiger partial charge in [-0.25, -0.2) is 8.42 Å². The van der Waals surface area contributed by atoms with Gasteiger partial charge in [-0.05, 0) is 31.5 Å². The number of aromatic amines is 1. The lowest BCUT2D eigenvalue weighted by atomic mass is 10.1. The molecule has 0 spiro atoms. The number of carbonyl (C=O) groups excluding carboxylic acids is 1. The number of rotatable bonds is 6. The first-order valence-electron chi connectivity index (χ1n) is 8.89. The minimum absolute atomic E-state index is 0.0595. The first kappa shape index (κ1) is 20.1. The van der Waals surface area contributed by atoms with Crippen molar-refractivity contribution in [1.29, 1.82) is 0 Å². The number of ketones is 1. The summed E-state index contributed by atoms with van der Waals surface area (Å²) in [7, 11) is -3.43. The zero-order valence-electron chi connectivity index (χ0n) is 15.5. The first-order chi connectivity index (χ1) is 12.8. The highest BCUT2D eigenvalue weighted by atomic mass is 35.5. The number of Topliss-reactive ketones (excluding diaryl/α,β-unsaturated/α-hetero) is 1. The van der Waals surface area contributed by atoms with Crippen LogP contribution in [0.2, 0.25) is 5.02 Å². The lowest BCUT2D eigenvalue weighted by Crippen LogP contribution is -2.50. The van der Waals surface area contributed by atoms with Crippen LogP contribution in [0.25, 0.3) is 0 Å². The number of nitrogens with zero attached hydrogens (tertiary/aromatic N) is 2. The average Bonchev–Trinajstić information content (AvgIpc) is 2.96. The number of hydrogen-bond donors (Lipinski definition) is 1. The van der Waals surface area contributed by atoms with Gasteiger partial charge in [0, 0.05) is 48.2 Å². The van der Waals surface area contributed by atoms with Gasteiger partial charge in [-0.1, -0.05) is 29.8 Å². The Kier molecular flexibility index (Phi) is 6.05. The number of nitrogens with one attached hydrogen (secondary N) is 1. The predicted molar refractivity (Wildman–Crippen MR) is 107 cm³/mol. The summed E-state index contributed by atoms with van der Waals surface area (Å²) in [5.41, 5.74) is 3.15. The second kappa shape index (κ2) is 8.14. The van der Waals surface area contributed by atoms with Gasteiger partial charge in [0.2, 0.25) is 10.0 Å². The van der Waals surface area contributed by atoms with Crippen molar-refractivity contribution in [2.45, 2.75) is 19.6 Å². The van der Waals surface area contributed by atoms with Crippen LogP contribution in [0.15, 0.2) is 30.3 Å². The molecule has 1 fully saturated rings. The third-order valence-electron chi connectivity index (χ3n) is 4.84. The summed E-state index contributed by atoms with van der Waals surface area (Å²) in [5, 5.41) is 0.461. The number of piperazine rings is 1. The van der Waals surface area contributed by atoms with Crippen molar-refractivity contribution in [2.24, 2.45) is 0 Å². The number of halogens is 1. The molecule has 1 N–H and O–H groups in total. The van der Waals surface area contributed by atoms with E-state index >= 15 is 0 Å². The molecule has 0 saturated carbocycles. The fraction of sp³-hybridized carbons (Fsp3) is 0.421. The van der Waals surface area contributed by atoms with E-state index in [0.717, 1.165) is 11.4 Å². The van der Waals surface area contributed by atoms with E-state index in [1.165, 1.54) is 4.31 Å². The Labute approximate surface area is 165 Å². The van der Waals surface area contributed by atoms with Gasteiger partial charge < -0.3 is 4.98 Å². The summed E-state index contributed by atoms with van der Waals surface area (Å²) < 4.78 is 26.9. The molecule has 0 bridgehead atoms. The standard InChI is InChI=1S/C19H24ClN3O3S/c1-14-11-17(15(2)21-14)19(24)12-22-7-9-23(10-8-22)27(25,26)13-16-5-3-4-6-18(16)20/h3-6,11,21H,7-10,12-13H2,1-2H3. The molecule has 2 aromatic rings. The summed E-state index contributed by atoms with van der Waals surface area (Å²) in [6.07, 6.45) is 0.